The molecule has 140 valence electrons. The van der Waals surface area contributed by atoms with Crippen molar-refractivity contribution < 1.29 is 19.1 Å². The number of amides is 1. The van der Waals surface area contributed by atoms with E-state index in [1.807, 2.05) is 12.1 Å². The third-order valence-electron chi connectivity index (χ3n) is 4.86. The second-order valence-corrected chi connectivity index (χ2v) is 7.91. The van der Waals surface area contributed by atoms with Crippen LogP contribution in [0.1, 0.15) is 41.8 Å². The Kier molecular flexibility index (Phi) is 6.04. The van der Waals surface area contributed by atoms with Gasteiger partial charge in [0.05, 0.1) is 12.1 Å². The van der Waals surface area contributed by atoms with Crippen molar-refractivity contribution in [3.05, 3.63) is 28.1 Å². The van der Waals surface area contributed by atoms with Gasteiger partial charge in [-0.1, -0.05) is 30.9 Å². The summed E-state index contributed by atoms with van der Waals surface area (Å²) in [5.74, 6) is -0.0515. The van der Waals surface area contributed by atoms with Crippen molar-refractivity contribution in [2.24, 2.45) is 0 Å². The Labute approximate surface area is 161 Å². The molecule has 26 heavy (non-hydrogen) atoms. The minimum atomic E-state index is -0.569. The maximum absolute atomic E-state index is 12.4. The van der Waals surface area contributed by atoms with E-state index in [0.29, 0.717) is 15.6 Å². The molecule has 1 amide bonds. The van der Waals surface area contributed by atoms with E-state index in [1.165, 1.54) is 17.8 Å². The summed E-state index contributed by atoms with van der Waals surface area (Å²) in [6.45, 7) is -0.264. The Hall–Kier alpha value is -1.79. The molecule has 0 radical (unpaired) electrons. The molecule has 7 heteroatoms. The van der Waals surface area contributed by atoms with Crippen LogP contribution in [0, 0.1) is 0 Å². The van der Waals surface area contributed by atoms with Crippen LogP contribution in [-0.4, -0.2) is 43.6 Å². The van der Waals surface area contributed by atoms with E-state index >= 15 is 0 Å². The molecule has 1 aliphatic rings. The molecule has 3 rings (SSSR count). The lowest BCUT2D eigenvalue weighted by Crippen LogP contribution is -2.40. The molecule has 0 aliphatic heterocycles. The SMILES string of the molecule is COc1ccc2c(Cl)c(C(=O)OCC(=O)N(C)C3CCCCC3)sc2c1. The summed E-state index contributed by atoms with van der Waals surface area (Å²) >= 11 is 7.56. The van der Waals surface area contributed by atoms with Crippen LogP contribution in [0.2, 0.25) is 5.02 Å². The third-order valence-corrected chi connectivity index (χ3v) is 6.50. The van der Waals surface area contributed by atoms with E-state index in [2.05, 4.69) is 0 Å². The second-order valence-electron chi connectivity index (χ2n) is 6.48. The normalized spacial score (nSPS) is 15.0. The van der Waals surface area contributed by atoms with Gasteiger partial charge in [-0.25, -0.2) is 4.79 Å². The number of thiophene rings is 1. The van der Waals surface area contributed by atoms with Crippen molar-refractivity contribution in [3.8, 4) is 5.75 Å². The Morgan fingerprint density at radius 3 is 2.69 bits per heavy atom. The second kappa shape index (κ2) is 8.27. The van der Waals surface area contributed by atoms with Gasteiger partial charge in [-0.2, -0.15) is 0 Å². The lowest BCUT2D eigenvalue weighted by Gasteiger charge is -2.31. The Morgan fingerprint density at radius 2 is 2.00 bits per heavy atom. The molecule has 2 aromatic rings. The van der Waals surface area contributed by atoms with E-state index in [1.54, 1.807) is 25.1 Å². The molecule has 0 atom stereocenters. The number of ether oxygens (including phenoxy) is 2. The predicted molar refractivity (Wildman–Crippen MR) is 103 cm³/mol. The quantitative estimate of drug-likeness (QED) is 0.699. The number of carbonyl (C=O) groups is 2. The minimum absolute atomic E-state index is 0.177. The van der Waals surface area contributed by atoms with Gasteiger partial charge in [-0.05, 0) is 31.0 Å². The molecule has 1 aromatic heterocycles. The lowest BCUT2D eigenvalue weighted by molar-refractivity contribution is -0.135. The van der Waals surface area contributed by atoms with Crippen LogP contribution in [0.4, 0.5) is 0 Å². The number of hydrogen-bond donors (Lipinski definition) is 0. The highest BCUT2D eigenvalue weighted by Gasteiger charge is 2.24. The van der Waals surface area contributed by atoms with Gasteiger partial charge in [0.1, 0.15) is 10.6 Å². The van der Waals surface area contributed by atoms with Gasteiger partial charge in [-0.3, -0.25) is 4.79 Å². The highest BCUT2D eigenvalue weighted by atomic mass is 35.5. The van der Waals surface area contributed by atoms with Crippen molar-refractivity contribution in [1.29, 1.82) is 0 Å². The number of likely N-dealkylation sites (N-methyl/N-ethyl adjacent to an activating group) is 1. The summed E-state index contributed by atoms with van der Waals surface area (Å²) in [6, 6.07) is 5.67. The highest BCUT2D eigenvalue weighted by Crippen LogP contribution is 2.37. The van der Waals surface area contributed by atoms with E-state index in [9.17, 15) is 9.59 Å². The number of esters is 1. The molecule has 0 N–H and O–H groups in total. The molecular weight excluding hydrogens is 374 g/mol. The van der Waals surface area contributed by atoms with E-state index < -0.39 is 5.97 Å². The molecule has 1 fully saturated rings. The molecular formula is C19H22ClNO4S. The molecule has 1 aliphatic carbocycles. The Bertz CT molecular complexity index is 813. The standard InChI is InChI=1S/C19H22ClNO4S/c1-21(12-6-4-3-5-7-12)16(22)11-25-19(23)18-17(20)14-9-8-13(24-2)10-15(14)26-18/h8-10,12H,3-7,11H2,1-2H3. The lowest BCUT2D eigenvalue weighted by atomic mass is 9.94. The average molecular weight is 396 g/mol. The number of hydrogen-bond acceptors (Lipinski definition) is 5. The molecule has 0 unspecified atom stereocenters. The first-order valence-electron chi connectivity index (χ1n) is 8.70. The molecule has 0 spiro atoms. The van der Waals surface area contributed by atoms with E-state index in [4.69, 9.17) is 21.1 Å². The van der Waals surface area contributed by atoms with Crippen molar-refractivity contribution in [2.75, 3.05) is 20.8 Å². The molecule has 5 nitrogen and oxygen atoms in total. The fraction of sp³-hybridized carbons (Fsp3) is 0.474. The van der Waals surface area contributed by atoms with Gasteiger partial charge in [0.15, 0.2) is 6.61 Å². The zero-order valence-electron chi connectivity index (χ0n) is 14.9. The van der Waals surface area contributed by atoms with Crippen molar-refractivity contribution in [3.63, 3.8) is 0 Å². The molecule has 1 saturated carbocycles. The van der Waals surface area contributed by atoms with Gasteiger partial charge in [0.25, 0.3) is 5.91 Å². The summed E-state index contributed by atoms with van der Waals surface area (Å²) in [5.41, 5.74) is 0. The number of carbonyl (C=O) groups excluding carboxylic acids is 2. The largest absolute Gasteiger partial charge is 0.497 e. The van der Waals surface area contributed by atoms with Crippen molar-refractivity contribution in [2.45, 2.75) is 38.1 Å². The maximum Gasteiger partial charge on any atom is 0.350 e. The van der Waals surface area contributed by atoms with Gasteiger partial charge >= 0.3 is 5.97 Å². The first kappa shape index (κ1) is 19.0. The summed E-state index contributed by atoms with van der Waals surface area (Å²) in [7, 11) is 3.37. The van der Waals surface area contributed by atoms with Crippen molar-refractivity contribution >= 4 is 44.9 Å². The Morgan fingerprint density at radius 1 is 1.27 bits per heavy atom. The number of nitrogens with zero attached hydrogens (tertiary/aromatic N) is 1. The van der Waals surface area contributed by atoms with Crippen LogP contribution in [0.25, 0.3) is 10.1 Å². The van der Waals surface area contributed by atoms with Gasteiger partial charge in [-0.15, -0.1) is 11.3 Å². The smallest absolute Gasteiger partial charge is 0.350 e. The van der Waals surface area contributed by atoms with Crippen LogP contribution in [0.15, 0.2) is 18.2 Å². The monoisotopic (exact) mass is 395 g/mol. The number of benzene rings is 1. The van der Waals surface area contributed by atoms with Crippen LogP contribution in [0.5, 0.6) is 5.75 Å². The number of halogens is 1. The topological polar surface area (TPSA) is 55.8 Å². The molecule has 1 aromatic carbocycles. The third kappa shape index (κ3) is 3.96. The van der Waals surface area contributed by atoms with E-state index in [0.717, 1.165) is 35.8 Å². The van der Waals surface area contributed by atoms with Crippen molar-refractivity contribution in [1.82, 2.24) is 4.90 Å². The van der Waals surface area contributed by atoms with Crippen LogP contribution >= 0.6 is 22.9 Å². The fourth-order valence-electron chi connectivity index (χ4n) is 3.27. The maximum atomic E-state index is 12.4. The fourth-order valence-corrected chi connectivity index (χ4v) is 4.70. The number of methoxy groups -OCH3 is 1. The predicted octanol–water partition coefficient (Wildman–Crippen LogP) is 4.51. The van der Waals surface area contributed by atoms with Gasteiger partial charge in [0, 0.05) is 23.2 Å². The molecule has 0 bridgehead atoms. The minimum Gasteiger partial charge on any atom is -0.497 e. The zero-order chi connectivity index (χ0) is 18.7. The van der Waals surface area contributed by atoms with Crippen LogP contribution in [0.3, 0.4) is 0 Å². The van der Waals surface area contributed by atoms with Crippen LogP contribution < -0.4 is 4.74 Å². The number of rotatable bonds is 5. The summed E-state index contributed by atoms with van der Waals surface area (Å²) < 4.78 is 11.3. The first-order valence-corrected chi connectivity index (χ1v) is 9.89. The van der Waals surface area contributed by atoms with Gasteiger partial charge < -0.3 is 14.4 Å². The van der Waals surface area contributed by atoms with E-state index in [-0.39, 0.29) is 18.6 Å². The number of fused-ring (bicyclic) bond motifs is 1. The summed E-state index contributed by atoms with van der Waals surface area (Å²) in [4.78, 5) is 26.7. The average Bonchev–Trinajstić information content (AvgIpc) is 3.01. The Balaban J connectivity index is 1.65. The first-order chi connectivity index (χ1) is 12.5. The van der Waals surface area contributed by atoms with Crippen LogP contribution in [-0.2, 0) is 9.53 Å². The highest BCUT2D eigenvalue weighted by molar-refractivity contribution is 7.21. The summed E-state index contributed by atoms with van der Waals surface area (Å²) in [6.07, 6.45) is 5.54. The zero-order valence-corrected chi connectivity index (χ0v) is 16.5. The molecule has 0 saturated heterocycles. The van der Waals surface area contributed by atoms with Gasteiger partial charge in [0.2, 0.25) is 0 Å². The molecule has 1 heterocycles. The summed E-state index contributed by atoms with van der Waals surface area (Å²) in [5, 5.41) is 1.13.